The van der Waals surface area contributed by atoms with Crippen molar-refractivity contribution in [1.29, 1.82) is 0 Å². The Hall–Kier alpha value is -1.97. The SMILES string of the molecule is COc1ccc2c(CC(=O)N3CCCC3)coc2c1. The average Bonchev–Trinajstić information content (AvgIpc) is 3.08. The minimum atomic E-state index is 0.191. The van der Waals surface area contributed by atoms with Gasteiger partial charge < -0.3 is 14.1 Å². The zero-order valence-electron chi connectivity index (χ0n) is 11.0. The number of furan rings is 1. The summed E-state index contributed by atoms with van der Waals surface area (Å²) in [6.07, 6.45) is 4.33. The van der Waals surface area contributed by atoms with Crippen molar-refractivity contribution in [2.45, 2.75) is 19.3 Å². The molecular weight excluding hydrogens is 242 g/mol. The van der Waals surface area contributed by atoms with Crippen molar-refractivity contribution in [2.75, 3.05) is 20.2 Å². The number of rotatable bonds is 3. The van der Waals surface area contributed by atoms with Crippen molar-refractivity contribution in [3.8, 4) is 5.75 Å². The lowest BCUT2D eigenvalue weighted by molar-refractivity contribution is -0.129. The van der Waals surface area contributed by atoms with Gasteiger partial charge in [-0.15, -0.1) is 0 Å². The van der Waals surface area contributed by atoms with Crippen LogP contribution in [0.4, 0.5) is 0 Å². The Balaban J connectivity index is 1.82. The van der Waals surface area contributed by atoms with E-state index in [9.17, 15) is 4.79 Å². The van der Waals surface area contributed by atoms with Gasteiger partial charge >= 0.3 is 0 Å². The topological polar surface area (TPSA) is 42.7 Å². The molecule has 0 N–H and O–H groups in total. The number of ether oxygens (including phenoxy) is 1. The predicted molar refractivity (Wildman–Crippen MR) is 72.3 cm³/mol. The summed E-state index contributed by atoms with van der Waals surface area (Å²) in [5.41, 5.74) is 1.72. The Morgan fingerprint density at radius 3 is 2.89 bits per heavy atom. The van der Waals surface area contributed by atoms with Crippen LogP contribution in [0.25, 0.3) is 11.0 Å². The van der Waals surface area contributed by atoms with Crippen molar-refractivity contribution >= 4 is 16.9 Å². The molecule has 4 heteroatoms. The fourth-order valence-corrected chi connectivity index (χ4v) is 2.57. The van der Waals surface area contributed by atoms with Gasteiger partial charge in [0.25, 0.3) is 0 Å². The van der Waals surface area contributed by atoms with Gasteiger partial charge in [0.1, 0.15) is 11.3 Å². The first-order chi connectivity index (χ1) is 9.28. The molecule has 1 aromatic heterocycles. The number of methoxy groups -OCH3 is 1. The van der Waals surface area contributed by atoms with Crippen LogP contribution < -0.4 is 4.74 Å². The Kier molecular flexibility index (Phi) is 3.15. The van der Waals surface area contributed by atoms with E-state index in [1.165, 1.54) is 0 Å². The number of carbonyl (C=O) groups excluding carboxylic acids is 1. The molecule has 0 bridgehead atoms. The lowest BCUT2D eigenvalue weighted by Crippen LogP contribution is -2.28. The van der Waals surface area contributed by atoms with Gasteiger partial charge in [0, 0.05) is 30.1 Å². The van der Waals surface area contributed by atoms with E-state index in [0.717, 1.165) is 48.2 Å². The lowest BCUT2D eigenvalue weighted by atomic mass is 10.1. The van der Waals surface area contributed by atoms with Crippen LogP contribution >= 0.6 is 0 Å². The maximum atomic E-state index is 12.1. The Morgan fingerprint density at radius 1 is 1.37 bits per heavy atom. The molecule has 2 aromatic rings. The molecule has 0 radical (unpaired) electrons. The van der Waals surface area contributed by atoms with Crippen molar-refractivity contribution in [2.24, 2.45) is 0 Å². The Labute approximate surface area is 111 Å². The summed E-state index contributed by atoms with van der Waals surface area (Å²) in [6.45, 7) is 1.78. The van der Waals surface area contributed by atoms with Gasteiger partial charge in [0.2, 0.25) is 5.91 Å². The van der Waals surface area contributed by atoms with Crippen LogP contribution in [0.5, 0.6) is 5.75 Å². The quantitative estimate of drug-likeness (QED) is 0.851. The smallest absolute Gasteiger partial charge is 0.227 e. The standard InChI is InChI=1S/C15H17NO3/c1-18-12-4-5-13-11(10-19-14(13)9-12)8-15(17)16-6-2-3-7-16/h4-5,9-10H,2-3,6-8H2,1H3. The first kappa shape index (κ1) is 12.1. The molecular formula is C15H17NO3. The number of hydrogen-bond acceptors (Lipinski definition) is 3. The number of likely N-dealkylation sites (tertiary alicyclic amines) is 1. The van der Waals surface area contributed by atoms with E-state index in [0.29, 0.717) is 6.42 Å². The number of carbonyl (C=O) groups is 1. The summed E-state index contributed by atoms with van der Waals surface area (Å²) in [5.74, 6) is 0.954. The lowest BCUT2D eigenvalue weighted by Gasteiger charge is -2.14. The molecule has 1 fully saturated rings. The summed E-state index contributed by atoms with van der Waals surface area (Å²) in [7, 11) is 1.63. The molecule has 100 valence electrons. The highest BCUT2D eigenvalue weighted by Crippen LogP contribution is 2.26. The number of amides is 1. The molecule has 1 saturated heterocycles. The van der Waals surface area contributed by atoms with Gasteiger partial charge in [0.05, 0.1) is 19.8 Å². The largest absolute Gasteiger partial charge is 0.497 e. The van der Waals surface area contributed by atoms with Crippen molar-refractivity contribution in [3.05, 3.63) is 30.0 Å². The number of hydrogen-bond donors (Lipinski definition) is 0. The first-order valence-electron chi connectivity index (χ1n) is 6.60. The minimum Gasteiger partial charge on any atom is -0.497 e. The zero-order chi connectivity index (χ0) is 13.2. The third kappa shape index (κ3) is 2.30. The van der Waals surface area contributed by atoms with Gasteiger partial charge in [-0.05, 0) is 25.0 Å². The summed E-state index contributed by atoms with van der Waals surface area (Å²) < 4.78 is 10.7. The first-order valence-corrected chi connectivity index (χ1v) is 6.60. The molecule has 0 saturated carbocycles. The molecule has 3 rings (SSSR count). The summed E-state index contributed by atoms with van der Waals surface area (Å²) in [6, 6.07) is 5.69. The number of benzene rings is 1. The van der Waals surface area contributed by atoms with Crippen LogP contribution in [0.1, 0.15) is 18.4 Å². The van der Waals surface area contributed by atoms with Crippen molar-refractivity contribution < 1.29 is 13.9 Å². The average molecular weight is 259 g/mol. The molecule has 4 nitrogen and oxygen atoms in total. The Bertz CT molecular complexity index is 596. The van der Waals surface area contributed by atoms with E-state index in [4.69, 9.17) is 9.15 Å². The van der Waals surface area contributed by atoms with Crippen LogP contribution in [0.15, 0.2) is 28.9 Å². The molecule has 0 atom stereocenters. The highest BCUT2D eigenvalue weighted by Gasteiger charge is 2.19. The maximum absolute atomic E-state index is 12.1. The van der Waals surface area contributed by atoms with Gasteiger partial charge in [-0.2, -0.15) is 0 Å². The second-order valence-electron chi connectivity index (χ2n) is 4.89. The van der Waals surface area contributed by atoms with Crippen LogP contribution in [0.3, 0.4) is 0 Å². The van der Waals surface area contributed by atoms with E-state index < -0.39 is 0 Å². The van der Waals surface area contributed by atoms with Crippen molar-refractivity contribution in [1.82, 2.24) is 4.90 Å². The molecule has 19 heavy (non-hydrogen) atoms. The van der Waals surface area contributed by atoms with E-state index in [2.05, 4.69) is 0 Å². The minimum absolute atomic E-state index is 0.191. The molecule has 0 unspecified atom stereocenters. The van der Waals surface area contributed by atoms with E-state index in [1.807, 2.05) is 23.1 Å². The van der Waals surface area contributed by atoms with Gasteiger partial charge in [-0.3, -0.25) is 4.79 Å². The second kappa shape index (κ2) is 4.96. The summed E-state index contributed by atoms with van der Waals surface area (Å²) in [4.78, 5) is 14.1. The van der Waals surface area contributed by atoms with E-state index >= 15 is 0 Å². The third-order valence-corrected chi connectivity index (χ3v) is 3.66. The highest BCUT2D eigenvalue weighted by molar-refractivity contribution is 5.88. The van der Waals surface area contributed by atoms with E-state index in [1.54, 1.807) is 13.4 Å². The molecule has 1 amide bonds. The van der Waals surface area contributed by atoms with Crippen LogP contribution in [0.2, 0.25) is 0 Å². The van der Waals surface area contributed by atoms with E-state index in [-0.39, 0.29) is 5.91 Å². The summed E-state index contributed by atoms with van der Waals surface area (Å²) >= 11 is 0. The monoisotopic (exact) mass is 259 g/mol. The number of nitrogens with zero attached hydrogens (tertiary/aromatic N) is 1. The molecule has 2 heterocycles. The van der Waals surface area contributed by atoms with Gasteiger partial charge in [0.15, 0.2) is 0 Å². The van der Waals surface area contributed by atoms with Crippen molar-refractivity contribution in [3.63, 3.8) is 0 Å². The number of fused-ring (bicyclic) bond motifs is 1. The second-order valence-corrected chi connectivity index (χ2v) is 4.89. The fraction of sp³-hybridized carbons (Fsp3) is 0.400. The third-order valence-electron chi connectivity index (χ3n) is 3.66. The van der Waals surface area contributed by atoms with Gasteiger partial charge in [-0.1, -0.05) is 0 Å². The fourth-order valence-electron chi connectivity index (χ4n) is 2.57. The molecule has 1 aliphatic rings. The van der Waals surface area contributed by atoms with Gasteiger partial charge in [-0.25, -0.2) is 0 Å². The van der Waals surface area contributed by atoms with Crippen LogP contribution in [-0.4, -0.2) is 31.0 Å². The van der Waals surface area contributed by atoms with Crippen LogP contribution in [-0.2, 0) is 11.2 Å². The molecule has 1 aromatic carbocycles. The summed E-state index contributed by atoms with van der Waals surface area (Å²) in [5, 5.41) is 0.994. The molecule has 0 aliphatic carbocycles. The molecule has 0 spiro atoms. The van der Waals surface area contributed by atoms with Crippen LogP contribution in [0, 0.1) is 0 Å². The maximum Gasteiger partial charge on any atom is 0.227 e. The zero-order valence-corrected chi connectivity index (χ0v) is 11.0. The predicted octanol–water partition coefficient (Wildman–Crippen LogP) is 2.61. The highest BCUT2D eigenvalue weighted by atomic mass is 16.5. The normalized spacial score (nSPS) is 15.1. The Morgan fingerprint density at radius 2 is 2.16 bits per heavy atom. The molecule has 1 aliphatic heterocycles.